The highest BCUT2D eigenvalue weighted by atomic mass is 32.2. The number of hydrogen-bond acceptors (Lipinski definition) is 4. The average Bonchev–Trinajstić information content (AvgIpc) is 2.45. The van der Waals surface area contributed by atoms with Gasteiger partial charge >= 0.3 is 0 Å². The van der Waals surface area contributed by atoms with E-state index in [4.69, 9.17) is 0 Å². The summed E-state index contributed by atoms with van der Waals surface area (Å²) in [6, 6.07) is 8.41. The van der Waals surface area contributed by atoms with Gasteiger partial charge < -0.3 is 5.32 Å². The van der Waals surface area contributed by atoms with Crippen molar-refractivity contribution in [1.29, 1.82) is 0 Å². The van der Waals surface area contributed by atoms with Crippen LogP contribution >= 0.6 is 11.8 Å². The van der Waals surface area contributed by atoms with Crippen molar-refractivity contribution in [1.82, 2.24) is 9.97 Å². The van der Waals surface area contributed by atoms with Crippen molar-refractivity contribution in [2.45, 2.75) is 43.5 Å². The largest absolute Gasteiger partial charge is 0.370 e. The fourth-order valence-corrected chi connectivity index (χ4v) is 3.06. The topological polar surface area (TPSA) is 37.8 Å². The summed E-state index contributed by atoms with van der Waals surface area (Å²) in [5.74, 6) is 0.973. The Kier molecular flexibility index (Phi) is 5.41. The van der Waals surface area contributed by atoms with Crippen LogP contribution in [0.15, 0.2) is 40.5 Å². The number of rotatable bonds is 6. The maximum atomic E-state index is 4.49. The summed E-state index contributed by atoms with van der Waals surface area (Å²) in [7, 11) is 0. The monoisotopic (exact) mass is 287 g/mol. The van der Waals surface area contributed by atoms with Gasteiger partial charge in [-0.1, -0.05) is 43.3 Å². The van der Waals surface area contributed by atoms with E-state index in [1.165, 1.54) is 16.0 Å². The van der Waals surface area contributed by atoms with Crippen LogP contribution in [0.5, 0.6) is 0 Å². The first kappa shape index (κ1) is 14.9. The van der Waals surface area contributed by atoms with Gasteiger partial charge in [0.25, 0.3) is 0 Å². The highest BCUT2D eigenvalue weighted by molar-refractivity contribution is 7.99. The summed E-state index contributed by atoms with van der Waals surface area (Å²) in [5, 5.41) is 4.40. The second-order valence-corrected chi connectivity index (χ2v) is 5.68. The quantitative estimate of drug-likeness (QED) is 0.803. The molecular weight excluding hydrogens is 266 g/mol. The summed E-state index contributed by atoms with van der Waals surface area (Å²) in [5.41, 5.74) is 2.51. The zero-order chi connectivity index (χ0) is 14.4. The first-order valence-corrected chi connectivity index (χ1v) is 7.89. The molecule has 106 valence electrons. The summed E-state index contributed by atoms with van der Waals surface area (Å²) < 4.78 is 0. The number of aryl methyl sites for hydroxylation is 1. The molecule has 2 aromatic rings. The number of anilines is 1. The molecule has 1 heterocycles. The van der Waals surface area contributed by atoms with Gasteiger partial charge in [0.05, 0.1) is 0 Å². The molecule has 0 unspecified atom stereocenters. The smallest absolute Gasteiger partial charge is 0.133 e. The highest BCUT2D eigenvalue weighted by Crippen LogP contribution is 2.33. The summed E-state index contributed by atoms with van der Waals surface area (Å²) in [6.45, 7) is 7.29. The van der Waals surface area contributed by atoms with Crippen LogP contribution in [0.25, 0.3) is 0 Å². The molecule has 0 aliphatic carbocycles. The molecule has 1 N–H and O–H groups in total. The number of benzene rings is 1. The average molecular weight is 287 g/mol. The molecule has 0 radical (unpaired) electrons. The van der Waals surface area contributed by atoms with E-state index in [0.29, 0.717) is 0 Å². The molecule has 20 heavy (non-hydrogen) atoms. The van der Waals surface area contributed by atoms with E-state index < -0.39 is 0 Å². The predicted octanol–water partition coefficient (Wildman–Crippen LogP) is 4.32. The fourth-order valence-electron chi connectivity index (χ4n) is 2.05. The number of nitrogens with zero attached hydrogens (tertiary/aromatic N) is 2. The minimum atomic E-state index is 0.877. The van der Waals surface area contributed by atoms with Gasteiger partial charge in [-0.2, -0.15) is 0 Å². The van der Waals surface area contributed by atoms with E-state index in [0.717, 1.165) is 30.2 Å². The van der Waals surface area contributed by atoms with E-state index in [9.17, 15) is 0 Å². The Morgan fingerprint density at radius 1 is 1.15 bits per heavy atom. The first-order chi connectivity index (χ1) is 9.76. The van der Waals surface area contributed by atoms with Crippen molar-refractivity contribution in [3.63, 3.8) is 0 Å². The van der Waals surface area contributed by atoms with Gasteiger partial charge in [-0.25, -0.2) is 9.97 Å². The molecule has 1 aromatic heterocycles. The van der Waals surface area contributed by atoms with Crippen LogP contribution < -0.4 is 5.32 Å². The lowest BCUT2D eigenvalue weighted by atomic mass is 10.2. The van der Waals surface area contributed by atoms with E-state index in [2.05, 4.69) is 60.3 Å². The molecule has 3 nitrogen and oxygen atoms in total. The maximum absolute atomic E-state index is 4.49. The molecule has 0 bridgehead atoms. The maximum Gasteiger partial charge on any atom is 0.133 e. The van der Waals surface area contributed by atoms with Gasteiger partial charge in [-0.15, -0.1) is 0 Å². The lowest BCUT2D eigenvalue weighted by Crippen LogP contribution is -2.06. The number of aromatic nitrogens is 2. The molecule has 0 aliphatic rings. The molecule has 0 saturated heterocycles. The summed E-state index contributed by atoms with van der Waals surface area (Å²) >= 11 is 1.73. The zero-order valence-corrected chi connectivity index (χ0v) is 13.1. The third kappa shape index (κ3) is 3.51. The van der Waals surface area contributed by atoms with Crippen LogP contribution in [0.1, 0.15) is 31.4 Å². The standard InChI is InChI=1S/C16H21N3S/c1-4-8-13-15(17-5-2)18-11-19-16(13)20-14-10-7-6-9-12(14)3/h6-7,9-11H,4-5,8H2,1-3H3,(H,17,18,19). The zero-order valence-electron chi connectivity index (χ0n) is 12.3. The first-order valence-electron chi connectivity index (χ1n) is 7.07. The minimum Gasteiger partial charge on any atom is -0.370 e. The summed E-state index contributed by atoms with van der Waals surface area (Å²) in [6.07, 6.45) is 3.74. The van der Waals surface area contributed by atoms with Crippen molar-refractivity contribution in [3.05, 3.63) is 41.7 Å². The van der Waals surface area contributed by atoms with Gasteiger partial charge in [-0.05, 0) is 31.9 Å². The van der Waals surface area contributed by atoms with Gasteiger partial charge in [0.1, 0.15) is 17.2 Å². The van der Waals surface area contributed by atoms with Crippen molar-refractivity contribution in [2.75, 3.05) is 11.9 Å². The molecule has 0 atom stereocenters. The van der Waals surface area contributed by atoms with Crippen LogP contribution in [-0.2, 0) is 6.42 Å². The Hall–Kier alpha value is -1.55. The van der Waals surface area contributed by atoms with Gasteiger partial charge in [0, 0.05) is 17.0 Å². The molecule has 0 spiro atoms. The molecule has 0 saturated carbocycles. The Morgan fingerprint density at radius 3 is 2.65 bits per heavy atom. The normalized spacial score (nSPS) is 10.6. The molecule has 2 rings (SSSR count). The van der Waals surface area contributed by atoms with E-state index >= 15 is 0 Å². The Bertz CT molecular complexity index is 569. The lowest BCUT2D eigenvalue weighted by molar-refractivity contribution is 0.855. The summed E-state index contributed by atoms with van der Waals surface area (Å²) in [4.78, 5) is 10.1. The van der Waals surface area contributed by atoms with E-state index in [1.54, 1.807) is 18.1 Å². The van der Waals surface area contributed by atoms with Gasteiger partial charge in [-0.3, -0.25) is 0 Å². The second kappa shape index (κ2) is 7.29. The van der Waals surface area contributed by atoms with Crippen LogP contribution in [0, 0.1) is 6.92 Å². The van der Waals surface area contributed by atoms with Crippen LogP contribution in [0.4, 0.5) is 5.82 Å². The van der Waals surface area contributed by atoms with Crippen molar-refractivity contribution in [2.24, 2.45) is 0 Å². The van der Waals surface area contributed by atoms with Crippen molar-refractivity contribution in [3.8, 4) is 0 Å². The third-order valence-electron chi connectivity index (χ3n) is 3.05. The molecule has 0 aliphatic heterocycles. The van der Waals surface area contributed by atoms with Crippen LogP contribution in [0.2, 0.25) is 0 Å². The molecule has 1 aromatic carbocycles. The molecule has 0 fully saturated rings. The molecule has 0 amide bonds. The SMILES string of the molecule is CCCc1c(NCC)ncnc1Sc1ccccc1C. The van der Waals surface area contributed by atoms with E-state index in [-0.39, 0.29) is 0 Å². The Balaban J connectivity index is 2.35. The Labute approximate surface area is 125 Å². The van der Waals surface area contributed by atoms with Crippen LogP contribution in [0.3, 0.4) is 0 Å². The number of hydrogen-bond donors (Lipinski definition) is 1. The molecular formula is C16H21N3S. The van der Waals surface area contributed by atoms with Gasteiger partial charge in [0.2, 0.25) is 0 Å². The second-order valence-electron chi connectivity index (χ2n) is 4.65. The lowest BCUT2D eigenvalue weighted by Gasteiger charge is -2.13. The van der Waals surface area contributed by atoms with E-state index in [1.807, 2.05) is 0 Å². The van der Waals surface area contributed by atoms with Crippen LogP contribution in [-0.4, -0.2) is 16.5 Å². The van der Waals surface area contributed by atoms with Crippen molar-refractivity contribution >= 4 is 17.6 Å². The minimum absolute atomic E-state index is 0.877. The third-order valence-corrected chi connectivity index (χ3v) is 4.27. The molecule has 4 heteroatoms. The van der Waals surface area contributed by atoms with Crippen molar-refractivity contribution < 1.29 is 0 Å². The Morgan fingerprint density at radius 2 is 1.95 bits per heavy atom. The predicted molar refractivity (Wildman–Crippen MR) is 85.5 cm³/mol. The van der Waals surface area contributed by atoms with Gasteiger partial charge in [0.15, 0.2) is 0 Å². The fraction of sp³-hybridized carbons (Fsp3) is 0.375. The number of nitrogens with one attached hydrogen (secondary N) is 1. The highest BCUT2D eigenvalue weighted by Gasteiger charge is 2.12.